The summed E-state index contributed by atoms with van der Waals surface area (Å²) in [6, 6.07) is 7.90. The second kappa shape index (κ2) is 3.18. The van der Waals surface area contributed by atoms with Crippen LogP contribution in [-0.2, 0) is 6.54 Å². The molecule has 0 unspecified atom stereocenters. The molecule has 0 amide bonds. The zero-order chi connectivity index (χ0) is 9.26. The molecule has 3 nitrogen and oxygen atoms in total. The second-order valence-electron chi connectivity index (χ2n) is 3.15. The van der Waals surface area contributed by atoms with Gasteiger partial charge in [-0.2, -0.15) is 0 Å². The minimum Gasteiger partial charge on any atom is -0.395 e. The van der Waals surface area contributed by atoms with Crippen LogP contribution in [0.4, 0.5) is 0 Å². The monoisotopic (exact) mass is 176 g/mol. The number of amidine groups is 1. The number of hydrogen-bond donors (Lipinski definition) is 2. The van der Waals surface area contributed by atoms with Crippen molar-refractivity contribution in [2.24, 2.45) is 0 Å². The van der Waals surface area contributed by atoms with Gasteiger partial charge in [0.05, 0.1) is 6.61 Å². The molecule has 2 rings (SSSR count). The highest BCUT2D eigenvalue weighted by atomic mass is 16.3. The van der Waals surface area contributed by atoms with E-state index in [1.165, 1.54) is 5.56 Å². The van der Waals surface area contributed by atoms with E-state index in [1.807, 2.05) is 29.2 Å². The van der Waals surface area contributed by atoms with Gasteiger partial charge in [-0.25, -0.2) is 0 Å². The van der Waals surface area contributed by atoms with Crippen LogP contribution >= 0.6 is 0 Å². The second-order valence-corrected chi connectivity index (χ2v) is 3.15. The van der Waals surface area contributed by atoms with Gasteiger partial charge in [0.1, 0.15) is 5.84 Å². The van der Waals surface area contributed by atoms with Crippen LogP contribution in [0.15, 0.2) is 24.3 Å². The summed E-state index contributed by atoms with van der Waals surface area (Å²) in [6.45, 7) is 1.42. The van der Waals surface area contributed by atoms with Crippen molar-refractivity contribution in [1.82, 2.24) is 4.90 Å². The first kappa shape index (κ1) is 8.26. The Bertz CT molecular complexity index is 335. The summed E-state index contributed by atoms with van der Waals surface area (Å²) >= 11 is 0. The zero-order valence-electron chi connectivity index (χ0n) is 7.33. The lowest BCUT2D eigenvalue weighted by Crippen LogP contribution is -2.26. The molecule has 13 heavy (non-hydrogen) atoms. The van der Waals surface area contributed by atoms with Crippen LogP contribution < -0.4 is 0 Å². The Kier molecular flexibility index (Phi) is 2.02. The molecule has 0 aliphatic carbocycles. The van der Waals surface area contributed by atoms with Gasteiger partial charge in [-0.15, -0.1) is 0 Å². The third-order valence-electron chi connectivity index (χ3n) is 2.32. The third kappa shape index (κ3) is 1.31. The molecule has 1 aliphatic rings. The number of aliphatic hydroxyl groups is 1. The summed E-state index contributed by atoms with van der Waals surface area (Å²) in [6.07, 6.45) is 0. The molecule has 0 saturated carbocycles. The minimum absolute atomic E-state index is 0.108. The molecule has 0 atom stereocenters. The molecule has 3 heteroatoms. The van der Waals surface area contributed by atoms with Crippen LogP contribution in [0, 0.1) is 5.41 Å². The zero-order valence-corrected chi connectivity index (χ0v) is 7.33. The maximum absolute atomic E-state index is 8.79. The van der Waals surface area contributed by atoms with Gasteiger partial charge < -0.3 is 10.0 Å². The molecule has 0 bridgehead atoms. The van der Waals surface area contributed by atoms with Gasteiger partial charge in [0, 0.05) is 18.7 Å². The number of aliphatic hydroxyl groups excluding tert-OH is 1. The van der Waals surface area contributed by atoms with Crippen molar-refractivity contribution in [3.63, 3.8) is 0 Å². The van der Waals surface area contributed by atoms with E-state index in [-0.39, 0.29) is 6.61 Å². The molecule has 1 aromatic rings. The van der Waals surface area contributed by atoms with E-state index in [4.69, 9.17) is 10.5 Å². The lowest BCUT2D eigenvalue weighted by Gasteiger charge is -2.15. The Morgan fingerprint density at radius 2 is 2.15 bits per heavy atom. The van der Waals surface area contributed by atoms with E-state index < -0.39 is 0 Å². The molecular weight excluding hydrogens is 164 g/mol. The molecule has 1 heterocycles. The molecule has 0 fully saturated rings. The van der Waals surface area contributed by atoms with E-state index in [0.717, 1.165) is 12.1 Å². The summed E-state index contributed by atoms with van der Waals surface area (Å²) in [5.41, 5.74) is 2.18. The molecule has 2 N–H and O–H groups in total. The van der Waals surface area contributed by atoms with Crippen molar-refractivity contribution >= 4 is 5.84 Å². The number of hydrogen-bond acceptors (Lipinski definition) is 2. The Hall–Kier alpha value is -1.35. The standard InChI is InChI=1S/C10H12N2O/c11-10-9-4-2-1-3-8(9)7-12(10)5-6-13/h1-4,11,13H,5-7H2. The topological polar surface area (TPSA) is 47.3 Å². The molecule has 0 radical (unpaired) electrons. The largest absolute Gasteiger partial charge is 0.395 e. The SMILES string of the molecule is N=C1c2ccccc2CN1CCO. The Labute approximate surface area is 77.1 Å². The average molecular weight is 176 g/mol. The fourth-order valence-corrected chi connectivity index (χ4v) is 1.66. The highest BCUT2D eigenvalue weighted by molar-refractivity contribution is 6.00. The van der Waals surface area contributed by atoms with Crippen molar-refractivity contribution in [3.05, 3.63) is 35.4 Å². The van der Waals surface area contributed by atoms with Crippen molar-refractivity contribution in [1.29, 1.82) is 5.41 Å². The van der Waals surface area contributed by atoms with Crippen LogP contribution in [-0.4, -0.2) is 29.0 Å². The van der Waals surface area contributed by atoms with Crippen molar-refractivity contribution in [2.75, 3.05) is 13.2 Å². The molecule has 0 saturated heterocycles. The summed E-state index contributed by atoms with van der Waals surface area (Å²) in [4.78, 5) is 1.88. The van der Waals surface area contributed by atoms with Crippen LogP contribution in [0.25, 0.3) is 0 Å². The fourth-order valence-electron chi connectivity index (χ4n) is 1.66. The van der Waals surface area contributed by atoms with Crippen molar-refractivity contribution in [3.8, 4) is 0 Å². The van der Waals surface area contributed by atoms with E-state index >= 15 is 0 Å². The quantitative estimate of drug-likeness (QED) is 0.700. The molecule has 1 aliphatic heterocycles. The third-order valence-corrected chi connectivity index (χ3v) is 2.32. The number of nitrogens with one attached hydrogen (secondary N) is 1. The van der Waals surface area contributed by atoms with Gasteiger partial charge in [-0.3, -0.25) is 5.41 Å². The van der Waals surface area contributed by atoms with Gasteiger partial charge >= 0.3 is 0 Å². The van der Waals surface area contributed by atoms with Crippen molar-refractivity contribution in [2.45, 2.75) is 6.54 Å². The molecule has 1 aromatic carbocycles. The van der Waals surface area contributed by atoms with E-state index in [9.17, 15) is 0 Å². The Balaban J connectivity index is 2.28. The summed E-state index contributed by atoms with van der Waals surface area (Å²) in [5, 5.41) is 16.6. The normalized spacial score (nSPS) is 14.8. The van der Waals surface area contributed by atoms with Gasteiger partial charge in [-0.05, 0) is 5.56 Å². The maximum Gasteiger partial charge on any atom is 0.128 e. The molecule has 0 spiro atoms. The fraction of sp³-hybridized carbons (Fsp3) is 0.300. The lowest BCUT2D eigenvalue weighted by molar-refractivity contribution is 0.250. The van der Waals surface area contributed by atoms with Crippen LogP contribution in [0.1, 0.15) is 11.1 Å². The van der Waals surface area contributed by atoms with Crippen LogP contribution in [0.2, 0.25) is 0 Å². The maximum atomic E-state index is 8.79. The number of β-amino-alcohol motifs (C(OH)–C–C–N with tert-alkyl or cyclic N) is 1. The number of rotatable bonds is 2. The first-order chi connectivity index (χ1) is 6.33. The number of nitrogens with zero attached hydrogens (tertiary/aromatic N) is 1. The Morgan fingerprint density at radius 1 is 1.38 bits per heavy atom. The van der Waals surface area contributed by atoms with E-state index in [1.54, 1.807) is 0 Å². The number of fused-ring (bicyclic) bond motifs is 1. The molecular formula is C10H12N2O. The summed E-state index contributed by atoms with van der Waals surface area (Å²) < 4.78 is 0. The lowest BCUT2D eigenvalue weighted by atomic mass is 10.1. The van der Waals surface area contributed by atoms with Gasteiger partial charge in [0.15, 0.2) is 0 Å². The minimum atomic E-state index is 0.108. The van der Waals surface area contributed by atoms with Crippen LogP contribution in [0.5, 0.6) is 0 Å². The highest BCUT2D eigenvalue weighted by Gasteiger charge is 2.22. The molecule has 68 valence electrons. The van der Waals surface area contributed by atoms with Gasteiger partial charge in [-0.1, -0.05) is 24.3 Å². The average Bonchev–Trinajstić information content (AvgIpc) is 2.46. The van der Waals surface area contributed by atoms with Gasteiger partial charge in [0.2, 0.25) is 0 Å². The predicted octanol–water partition coefficient (Wildman–Crippen LogP) is 0.820. The van der Waals surface area contributed by atoms with E-state index in [0.29, 0.717) is 12.4 Å². The predicted molar refractivity (Wildman–Crippen MR) is 50.8 cm³/mol. The van der Waals surface area contributed by atoms with Gasteiger partial charge in [0.25, 0.3) is 0 Å². The smallest absolute Gasteiger partial charge is 0.128 e. The van der Waals surface area contributed by atoms with Crippen LogP contribution in [0.3, 0.4) is 0 Å². The summed E-state index contributed by atoms with van der Waals surface area (Å²) in [5.74, 6) is 0.532. The number of benzene rings is 1. The first-order valence-corrected chi connectivity index (χ1v) is 4.35. The van der Waals surface area contributed by atoms with E-state index in [2.05, 4.69) is 0 Å². The highest BCUT2D eigenvalue weighted by Crippen LogP contribution is 2.21. The summed E-state index contributed by atoms with van der Waals surface area (Å²) in [7, 11) is 0. The Morgan fingerprint density at radius 3 is 2.85 bits per heavy atom. The molecule has 0 aromatic heterocycles. The van der Waals surface area contributed by atoms with Crippen molar-refractivity contribution < 1.29 is 5.11 Å². The first-order valence-electron chi connectivity index (χ1n) is 4.35.